The topological polar surface area (TPSA) is 33.3 Å². The summed E-state index contributed by atoms with van der Waals surface area (Å²) in [4.78, 5) is 0. The Balaban J connectivity index is 2.05. The van der Waals surface area contributed by atoms with Gasteiger partial charge in [-0.2, -0.15) is 0 Å². The van der Waals surface area contributed by atoms with Crippen molar-refractivity contribution in [2.75, 3.05) is 33.4 Å². The number of rotatable bonds is 9. The molecule has 0 heterocycles. The standard InChI is InChI=1S/C13H20BrClN2O/c1-18-8-7-16-5-2-6-17-10-11-3-4-13(15)12(14)9-11/h3-4,9,16-17H,2,5-8,10H2,1H3. The quantitative estimate of drug-likeness (QED) is 0.681. The molecule has 0 aromatic heterocycles. The zero-order valence-corrected chi connectivity index (χ0v) is 13.0. The summed E-state index contributed by atoms with van der Waals surface area (Å²) in [6.07, 6.45) is 1.11. The van der Waals surface area contributed by atoms with E-state index >= 15 is 0 Å². The molecule has 0 bridgehead atoms. The van der Waals surface area contributed by atoms with E-state index in [2.05, 4.69) is 26.6 Å². The predicted octanol–water partition coefficient (Wildman–Crippen LogP) is 2.82. The Bertz CT molecular complexity index is 350. The van der Waals surface area contributed by atoms with Gasteiger partial charge in [-0.15, -0.1) is 0 Å². The molecule has 0 aliphatic heterocycles. The molecule has 0 atom stereocenters. The Kier molecular flexibility index (Phi) is 8.63. The van der Waals surface area contributed by atoms with E-state index in [1.165, 1.54) is 5.56 Å². The van der Waals surface area contributed by atoms with Gasteiger partial charge in [0.05, 0.1) is 11.6 Å². The van der Waals surface area contributed by atoms with Crippen molar-refractivity contribution in [3.8, 4) is 0 Å². The van der Waals surface area contributed by atoms with Gasteiger partial charge in [0.2, 0.25) is 0 Å². The summed E-state index contributed by atoms with van der Waals surface area (Å²) in [6, 6.07) is 6.00. The highest BCUT2D eigenvalue weighted by Gasteiger charge is 1.98. The fourth-order valence-corrected chi connectivity index (χ4v) is 2.06. The van der Waals surface area contributed by atoms with Crippen molar-refractivity contribution >= 4 is 27.5 Å². The van der Waals surface area contributed by atoms with E-state index < -0.39 is 0 Å². The van der Waals surface area contributed by atoms with Crippen LogP contribution in [0.2, 0.25) is 5.02 Å². The van der Waals surface area contributed by atoms with Gasteiger partial charge in [-0.1, -0.05) is 17.7 Å². The monoisotopic (exact) mass is 334 g/mol. The van der Waals surface area contributed by atoms with Crippen LogP contribution in [-0.2, 0) is 11.3 Å². The maximum atomic E-state index is 5.94. The van der Waals surface area contributed by atoms with Crippen LogP contribution in [0.1, 0.15) is 12.0 Å². The first-order chi connectivity index (χ1) is 8.74. The van der Waals surface area contributed by atoms with Crippen molar-refractivity contribution < 1.29 is 4.74 Å². The summed E-state index contributed by atoms with van der Waals surface area (Å²) < 4.78 is 5.90. The van der Waals surface area contributed by atoms with Gasteiger partial charge in [0.1, 0.15) is 0 Å². The van der Waals surface area contributed by atoms with E-state index in [9.17, 15) is 0 Å². The van der Waals surface area contributed by atoms with E-state index in [0.29, 0.717) is 0 Å². The average Bonchev–Trinajstić information content (AvgIpc) is 2.37. The number of halogens is 2. The fourth-order valence-electron chi connectivity index (χ4n) is 1.52. The number of ether oxygens (including phenoxy) is 1. The smallest absolute Gasteiger partial charge is 0.0587 e. The van der Waals surface area contributed by atoms with Crippen LogP contribution in [0.4, 0.5) is 0 Å². The van der Waals surface area contributed by atoms with Gasteiger partial charge < -0.3 is 15.4 Å². The van der Waals surface area contributed by atoms with Crippen LogP contribution >= 0.6 is 27.5 Å². The number of methoxy groups -OCH3 is 1. The SMILES string of the molecule is COCCNCCCNCc1ccc(Cl)c(Br)c1. The van der Waals surface area contributed by atoms with Gasteiger partial charge in [-0.05, 0) is 53.1 Å². The van der Waals surface area contributed by atoms with Gasteiger partial charge >= 0.3 is 0 Å². The molecule has 102 valence electrons. The Morgan fingerprint density at radius 1 is 1.22 bits per heavy atom. The molecule has 0 unspecified atom stereocenters. The number of nitrogens with one attached hydrogen (secondary N) is 2. The highest BCUT2D eigenvalue weighted by molar-refractivity contribution is 9.10. The second-order valence-electron chi connectivity index (χ2n) is 4.02. The van der Waals surface area contributed by atoms with Gasteiger partial charge in [-0.25, -0.2) is 0 Å². The number of hydrogen-bond donors (Lipinski definition) is 2. The molecule has 18 heavy (non-hydrogen) atoms. The lowest BCUT2D eigenvalue weighted by Gasteiger charge is -2.07. The van der Waals surface area contributed by atoms with Crippen LogP contribution in [0, 0.1) is 0 Å². The maximum Gasteiger partial charge on any atom is 0.0587 e. The van der Waals surface area contributed by atoms with Crippen LogP contribution in [0.5, 0.6) is 0 Å². The number of hydrogen-bond acceptors (Lipinski definition) is 3. The molecule has 0 fully saturated rings. The lowest BCUT2D eigenvalue weighted by molar-refractivity contribution is 0.199. The van der Waals surface area contributed by atoms with Gasteiger partial charge in [0, 0.05) is 24.7 Å². The van der Waals surface area contributed by atoms with Gasteiger partial charge in [0.25, 0.3) is 0 Å². The highest BCUT2D eigenvalue weighted by Crippen LogP contribution is 2.22. The average molecular weight is 336 g/mol. The Hall–Kier alpha value is -0.130. The second kappa shape index (κ2) is 9.75. The third-order valence-corrected chi connectivity index (χ3v) is 3.72. The Labute approximate surface area is 122 Å². The fraction of sp³-hybridized carbons (Fsp3) is 0.538. The van der Waals surface area contributed by atoms with E-state index in [1.54, 1.807) is 7.11 Å². The van der Waals surface area contributed by atoms with Crippen LogP contribution < -0.4 is 10.6 Å². The summed E-state index contributed by atoms with van der Waals surface area (Å²) in [6.45, 7) is 4.57. The van der Waals surface area contributed by atoms with Crippen molar-refractivity contribution in [1.82, 2.24) is 10.6 Å². The molecule has 0 aliphatic carbocycles. The minimum atomic E-state index is 0.751. The summed E-state index contributed by atoms with van der Waals surface area (Å²) in [5.74, 6) is 0. The zero-order chi connectivity index (χ0) is 13.2. The molecule has 0 saturated heterocycles. The predicted molar refractivity (Wildman–Crippen MR) is 80.2 cm³/mol. The van der Waals surface area contributed by atoms with Crippen molar-refractivity contribution in [1.29, 1.82) is 0 Å². The maximum absolute atomic E-state index is 5.94. The molecule has 1 aromatic rings. The first kappa shape index (κ1) is 15.9. The van der Waals surface area contributed by atoms with E-state index in [1.807, 2.05) is 18.2 Å². The van der Waals surface area contributed by atoms with Crippen LogP contribution in [-0.4, -0.2) is 33.4 Å². The van der Waals surface area contributed by atoms with Crippen molar-refractivity contribution in [3.63, 3.8) is 0 Å². The summed E-state index contributed by atoms with van der Waals surface area (Å²) >= 11 is 9.36. The molecule has 0 radical (unpaired) electrons. The Morgan fingerprint density at radius 3 is 2.72 bits per heavy atom. The van der Waals surface area contributed by atoms with Crippen molar-refractivity contribution in [2.45, 2.75) is 13.0 Å². The normalized spacial score (nSPS) is 10.8. The third kappa shape index (κ3) is 6.71. The molecule has 0 saturated carbocycles. The molecular weight excluding hydrogens is 316 g/mol. The molecule has 0 spiro atoms. The molecule has 5 heteroatoms. The molecule has 0 amide bonds. The minimum absolute atomic E-state index is 0.751. The summed E-state index contributed by atoms with van der Waals surface area (Å²) in [5.41, 5.74) is 1.23. The highest BCUT2D eigenvalue weighted by atomic mass is 79.9. The first-order valence-electron chi connectivity index (χ1n) is 6.08. The lowest BCUT2D eigenvalue weighted by atomic mass is 10.2. The third-order valence-electron chi connectivity index (χ3n) is 2.50. The molecule has 1 aromatic carbocycles. The second-order valence-corrected chi connectivity index (χ2v) is 5.28. The largest absolute Gasteiger partial charge is 0.383 e. The van der Waals surface area contributed by atoms with Crippen molar-refractivity contribution in [2.24, 2.45) is 0 Å². The summed E-state index contributed by atoms with van der Waals surface area (Å²) in [5, 5.41) is 7.47. The molecular formula is C13H20BrClN2O. The first-order valence-corrected chi connectivity index (χ1v) is 7.25. The molecule has 1 rings (SSSR count). The lowest BCUT2D eigenvalue weighted by Crippen LogP contribution is -2.24. The summed E-state index contributed by atoms with van der Waals surface area (Å²) in [7, 11) is 1.72. The molecule has 3 nitrogen and oxygen atoms in total. The van der Waals surface area contributed by atoms with E-state index in [0.717, 1.165) is 48.7 Å². The number of benzene rings is 1. The molecule has 0 aliphatic rings. The minimum Gasteiger partial charge on any atom is -0.383 e. The van der Waals surface area contributed by atoms with Crippen LogP contribution in [0.3, 0.4) is 0 Å². The van der Waals surface area contributed by atoms with Gasteiger partial charge in [-0.3, -0.25) is 0 Å². The molecule has 2 N–H and O–H groups in total. The van der Waals surface area contributed by atoms with Crippen LogP contribution in [0.25, 0.3) is 0 Å². The van der Waals surface area contributed by atoms with Gasteiger partial charge in [0.15, 0.2) is 0 Å². The van der Waals surface area contributed by atoms with Crippen molar-refractivity contribution in [3.05, 3.63) is 33.3 Å². The zero-order valence-electron chi connectivity index (χ0n) is 10.6. The van der Waals surface area contributed by atoms with Crippen LogP contribution in [0.15, 0.2) is 22.7 Å². The Morgan fingerprint density at radius 2 is 2.00 bits per heavy atom. The van der Waals surface area contributed by atoms with E-state index in [4.69, 9.17) is 16.3 Å². The van der Waals surface area contributed by atoms with E-state index in [-0.39, 0.29) is 0 Å².